The van der Waals surface area contributed by atoms with Gasteiger partial charge < -0.3 is 5.32 Å². The van der Waals surface area contributed by atoms with Crippen LogP contribution < -0.4 is 5.32 Å². The van der Waals surface area contributed by atoms with E-state index in [4.69, 9.17) is 0 Å². The van der Waals surface area contributed by atoms with Crippen molar-refractivity contribution in [2.24, 2.45) is 5.92 Å². The van der Waals surface area contributed by atoms with Crippen molar-refractivity contribution in [3.63, 3.8) is 0 Å². The Morgan fingerprint density at radius 1 is 1.47 bits per heavy atom. The lowest BCUT2D eigenvalue weighted by molar-refractivity contribution is 0.469. The second-order valence-corrected chi connectivity index (χ2v) is 4.46. The van der Waals surface area contributed by atoms with Crippen LogP contribution >= 0.6 is 0 Å². The molecule has 1 aromatic rings. The summed E-state index contributed by atoms with van der Waals surface area (Å²) in [6, 6.07) is 0. The van der Waals surface area contributed by atoms with Gasteiger partial charge in [0.15, 0.2) is 0 Å². The molecule has 0 radical (unpaired) electrons. The molecule has 1 saturated heterocycles. The maximum absolute atomic E-state index is 4.32. The lowest BCUT2D eigenvalue weighted by Gasteiger charge is -2.11. The SMILES string of the molecule is CCn1cc(CC2CCCNCC2)cn1. The molecule has 15 heavy (non-hydrogen) atoms. The molecule has 1 aliphatic rings. The molecular weight excluding hydrogens is 186 g/mol. The largest absolute Gasteiger partial charge is 0.317 e. The van der Waals surface area contributed by atoms with Gasteiger partial charge >= 0.3 is 0 Å². The van der Waals surface area contributed by atoms with Gasteiger partial charge in [0.1, 0.15) is 0 Å². The lowest BCUT2D eigenvalue weighted by Crippen LogP contribution is -2.14. The summed E-state index contributed by atoms with van der Waals surface area (Å²) in [7, 11) is 0. The maximum Gasteiger partial charge on any atom is 0.0521 e. The van der Waals surface area contributed by atoms with Crippen molar-refractivity contribution in [1.29, 1.82) is 0 Å². The standard InChI is InChI=1S/C12H21N3/c1-2-15-10-12(9-14-15)8-11-4-3-6-13-7-5-11/h9-11,13H,2-8H2,1H3. The van der Waals surface area contributed by atoms with Crippen LogP contribution in [0, 0.1) is 5.92 Å². The number of hydrogen-bond acceptors (Lipinski definition) is 2. The van der Waals surface area contributed by atoms with Crippen molar-refractivity contribution >= 4 is 0 Å². The zero-order valence-electron chi connectivity index (χ0n) is 9.58. The van der Waals surface area contributed by atoms with Gasteiger partial charge in [-0.05, 0) is 57.2 Å². The number of nitrogens with one attached hydrogen (secondary N) is 1. The molecule has 1 N–H and O–H groups in total. The Kier molecular flexibility index (Phi) is 3.78. The van der Waals surface area contributed by atoms with E-state index < -0.39 is 0 Å². The minimum absolute atomic E-state index is 0.856. The number of aromatic nitrogens is 2. The average Bonchev–Trinajstić information content (AvgIpc) is 2.54. The third-order valence-corrected chi connectivity index (χ3v) is 3.23. The van der Waals surface area contributed by atoms with Crippen molar-refractivity contribution in [1.82, 2.24) is 15.1 Å². The quantitative estimate of drug-likeness (QED) is 0.819. The fourth-order valence-corrected chi connectivity index (χ4v) is 2.31. The molecule has 0 amide bonds. The topological polar surface area (TPSA) is 29.9 Å². The van der Waals surface area contributed by atoms with Gasteiger partial charge in [-0.2, -0.15) is 5.10 Å². The Morgan fingerprint density at radius 3 is 3.20 bits per heavy atom. The molecule has 3 heteroatoms. The molecule has 1 atom stereocenters. The first-order chi connectivity index (χ1) is 7.38. The van der Waals surface area contributed by atoms with Crippen LogP contribution in [0.15, 0.2) is 12.4 Å². The van der Waals surface area contributed by atoms with Gasteiger partial charge in [-0.1, -0.05) is 0 Å². The number of aryl methyl sites for hydroxylation is 1. The first kappa shape index (κ1) is 10.7. The predicted molar refractivity (Wildman–Crippen MR) is 61.8 cm³/mol. The van der Waals surface area contributed by atoms with Gasteiger partial charge in [0.25, 0.3) is 0 Å². The number of nitrogens with zero attached hydrogens (tertiary/aromatic N) is 2. The Morgan fingerprint density at radius 2 is 2.40 bits per heavy atom. The summed E-state index contributed by atoms with van der Waals surface area (Å²) in [5, 5.41) is 7.78. The summed E-state index contributed by atoms with van der Waals surface area (Å²) in [4.78, 5) is 0. The van der Waals surface area contributed by atoms with Gasteiger partial charge in [0.05, 0.1) is 6.20 Å². The van der Waals surface area contributed by atoms with E-state index in [1.165, 1.54) is 44.3 Å². The van der Waals surface area contributed by atoms with Crippen LogP contribution in [0.2, 0.25) is 0 Å². The van der Waals surface area contributed by atoms with Crippen LogP contribution in [0.4, 0.5) is 0 Å². The lowest BCUT2D eigenvalue weighted by atomic mass is 9.94. The molecule has 2 heterocycles. The third-order valence-electron chi connectivity index (χ3n) is 3.23. The van der Waals surface area contributed by atoms with Crippen LogP contribution in [-0.2, 0) is 13.0 Å². The molecule has 3 nitrogen and oxygen atoms in total. The second kappa shape index (κ2) is 5.31. The summed E-state index contributed by atoms with van der Waals surface area (Å²) in [6.45, 7) is 5.50. The monoisotopic (exact) mass is 207 g/mol. The van der Waals surface area contributed by atoms with E-state index in [9.17, 15) is 0 Å². The zero-order chi connectivity index (χ0) is 10.5. The first-order valence-electron chi connectivity index (χ1n) is 6.10. The van der Waals surface area contributed by atoms with Crippen molar-refractivity contribution in [2.75, 3.05) is 13.1 Å². The highest BCUT2D eigenvalue weighted by molar-refractivity contribution is 5.05. The second-order valence-electron chi connectivity index (χ2n) is 4.46. The van der Waals surface area contributed by atoms with E-state index >= 15 is 0 Å². The minimum Gasteiger partial charge on any atom is -0.317 e. The van der Waals surface area contributed by atoms with Gasteiger partial charge in [-0.3, -0.25) is 4.68 Å². The van der Waals surface area contributed by atoms with Crippen LogP contribution in [0.25, 0.3) is 0 Å². The highest BCUT2D eigenvalue weighted by Crippen LogP contribution is 2.18. The van der Waals surface area contributed by atoms with Gasteiger partial charge in [-0.25, -0.2) is 0 Å². The fraction of sp³-hybridized carbons (Fsp3) is 0.750. The van der Waals surface area contributed by atoms with Gasteiger partial charge in [0, 0.05) is 12.7 Å². The Balaban J connectivity index is 1.89. The van der Waals surface area contributed by atoms with Gasteiger partial charge in [-0.15, -0.1) is 0 Å². The summed E-state index contributed by atoms with van der Waals surface area (Å²) in [6.07, 6.45) is 9.44. The molecule has 1 unspecified atom stereocenters. The van der Waals surface area contributed by atoms with Crippen LogP contribution in [0.5, 0.6) is 0 Å². The number of rotatable bonds is 3. The van der Waals surface area contributed by atoms with E-state index in [-0.39, 0.29) is 0 Å². The number of hydrogen-bond donors (Lipinski definition) is 1. The van der Waals surface area contributed by atoms with Crippen molar-refractivity contribution < 1.29 is 0 Å². The Bertz CT molecular complexity index is 285. The molecule has 0 saturated carbocycles. The molecule has 0 aliphatic carbocycles. The van der Waals surface area contributed by atoms with Crippen LogP contribution in [-0.4, -0.2) is 22.9 Å². The summed E-state index contributed by atoms with van der Waals surface area (Å²) < 4.78 is 2.02. The molecule has 0 spiro atoms. The van der Waals surface area contributed by atoms with Crippen LogP contribution in [0.1, 0.15) is 31.7 Å². The van der Waals surface area contributed by atoms with E-state index in [1.807, 2.05) is 10.9 Å². The molecule has 84 valence electrons. The normalized spacial score (nSPS) is 22.6. The predicted octanol–water partition coefficient (Wildman–Crippen LogP) is 1.84. The smallest absolute Gasteiger partial charge is 0.0521 e. The Labute approximate surface area is 91.9 Å². The third kappa shape index (κ3) is 3.06. The van der Waals surface area contributed by atoms with E-state index in [0.29, 0.717) is 0 Å². The molecule has 0 aromatic carbocycles. The van der Waals surface area contributed by atoms with Gasteiger partial charge in [0.2, 0.25) is 0 Å². The fourth-order valence-electron chi connectivity index (χ4n) is 2.31. The first-order valence-corrected chi connectivity index (χ1v) is 6.10. The highest BCUT2D eigenvalue weighted by atomic mass is 15.3. The molecule has 1 aliphatic heterocycles. The maximum atomic E-state index is 4.32. The highest BCUT2D eigenvalue weighted by Gasteiger charge is 2.13. The van der Waals surface area contributed by atoms with Crippen molar-refractivity contribution in [3.05, 3.63) is 18.0 Å². The van der Waals surface area contributed by atoms with Crippen molar-refractivity contribution in [3.8, 4) is 0 Å². The molecule has 2 rings (SSSR count). The zero-order valence-corrected chi connectivity index (χ0v) is 9.58. The van der Waals surface area contributed by atoms with E-state index in [0.717, 1.165) is 12.5 Å². The molecule has 1 aromatic heterocycles. The summed E-state index contributed by atoms with van der Waals surface area (Å²) in [5.41, 5.74) is 1.41. The van der Waals surface area contributed by atoms with E-state index in [1.54, 1.807) is 0 Å². The average molecular weight is 207 g/mol. The van der Waals surface area contributed by atoms with Crippen LogP contribution in [0.3, 0.4) is 0 Å². The molecule has 0 bridgehead atoms. The summed E-state index contributed by atoms with van der Waals surface area (Å²) >= 11 is 0. The van der Waals surface area contributed by atoms with Crippen molar-refractivity contribution in [2.45, 2.75) is 39.2 Å². The Hall–Kier alpha value is -0.830. The minimum atomic E-state index is 0.856. The molecular formula is C12H21N3. The molecule has 1 fully saturated rings. The van der Waals surface area contributed by atoms with E-state index in [2.05, 4.69) is 23.5 Å². The summed E-state index contributed by atoms with van der Waals surface area (Å²) in [5.74, 6) is 0.856.